The van der Waals surface area contributed by atoms with Crippen LogP contribution in [-0.4, -0.2) is 66.8 Å². The maximum Gasteiger partial charge on any atom is 0.176 e. The summed E-state index contributed by atoms with van der Waals surface area (Å²) in [5.41, 5.74) is 13.7. The van der Waals surface area contributed by atoms with Crippen LogP contribution < -0.4 is 67.9 Å². The van der Waals surface area contributed by atoms with E-state index in [4.69, 9.17) is 9.97 Å². The molecular weight excluding hydrogens is 894 g/mol. The molecule has 8 bridgehead atoms. The predicted octanol–water partition coefficient (Wildman–Crippen LogP) is -7.54. The van der Waals surface area contributed by atoms with Crippen LogP contribution in [0, 0.1) is 0 Å². The van der Waals surface area contributed by atoms with Gasteiger partial charge in [0.05, 0.1) is 28.3 Å². The lowest BCUT2D eigenvalue weighted by Crippen LogP contribution is -3.00. The normalized spacial score (nSPS) is 11.3. The zero-order valence-electron chi connectivity index (χ0n) is 34.5. The SMILES string of the molecule is OCC[n+]1cccc(-c2c3nc(c(-c4ccc[n+](CCO)c4)c4ccc([nH]4)c(-c4ccc[n+](CCO)c4)c4ccc([nH]4)c(-c4ccc[n+](CCO)c4)c4nc2C=C4)C=C3)c1.[Cl-].[Cl-].[Cl-].[Cl-]. The number of hydrogen-bond donors (Lipinski definition) is 6. The summed E-state index contributed by atoms with van der Waals surface area (Å²) < 4.78 is 7.89. The highest BCUT2D eigenvalue weighted by atomic mass is 35.5. The molecule has 2 aliphatic heterocycles. The van der Waals surface area contributed by atoms with Crippen molar-refractivity contribution in [3.05, 3.63) is 145 Å². The van der Waals surface area contributed by atoms with Crippen LogP contribution in [0.1, 0.15) is 22.8 Å². The Labute approximate surface area is 394 Å². The van der Waals surface area contributed by atoms with E-state index in [2.05, 4.69) is 52.4 Å². The molecule has 0 aliphatic carbocycles. The molecule has 330 valence electrons. The summed E-state index contributed by atoms with van der Waals surface area (Å²) in [6.45, 7) is 1.80. The van der Waals surface area contributed by atoms with E-state index in [1.165, 1.54) is 0 Å². The lowest BCUT2D eigenvalue weighted by atomic mass is 10.0. The molecule has 0 spiro atoms. The zero-order chi connectivity index (χ0) is 41.0. The third-order valence-corrected chi connectivity index (χ3v) is 10.8. The van der Waals surface area contributed by atoms with Gasteiger partial charge in [-0.05, 0) is 72.8 Å². The molecule has 0 aromatic carbocycles. The first-order valence-corrected chi connectivity index (χ1v) is 20.1. The molecule has 12 nitrogen and oxygen atoms in total. The summed E-state index contributed by atoms with van der Waals surface area (Å²) in [5, 5.41) is 39.4. The van der Waals surface area contributed by atoms with E-state index in [1.807, 2.05) is 122 Å². The second-order valence-corrected chi connectivity index (χ2v) is 14.7. The molecule has 0 atom stereocenters. The van der Waals surface area contributed by atoms with Gasteiger partial charge in [0.15, 0.2) is 75.8 Å². The monoisotopic (exact) mass is 938 g/mol. The Balaban J connectivity index is 0.00000193. The molecule has 0 fully saturated rings. The number of aliphatic hydroxyl groups excluding tert-OH is 4. The van der Waals surface area contributed by atoms with Crippen molar-refractivity contribution in [2.45, 2.75) is 26.2 Å². The van der Waals surface area contributed by atoms with Crippen LogP contribution in [0.2, 0.25) is 0 Å². The van der Waals surface area contributed by atoms with Gasteiger partial charge in [-0.2, -0.15) is 0 Å². The van der Waals surface area contributed by atoms with Crippen molar-refractivity contribution in [2.24, 2.45) is 0 Å². The van der Waals surface area contributed by atoms with Gasteiger partial charge in [0.1, 0.15) is 26.4 Å². The topological polar surface area (TPSA) is 154 Å². The summed E-state index contributed by atoms with van der Waals surface area (Å²) in [6.07, 6.45) is 24.1. The van der Waals surface area contributed by atoms with Crippen molar-refractivity contribution in [3.63, 3.8) is 0 Å². The number of hydrogen-bond acceptors (Lipinski definition) is 6. The molecule has 7 aromatic rings. The van der Waals surface area contributed by atoms with Crippen molar-refractivity contribution < 1.29 is 88.3 Å². The third kappa shape index (κ3) is 10.1. The van der Waals surface area contributed by atoms with E-state index < -0.39 is 0 Å². The highest BCUT2D eigenvalue weighted by Crippen LogP contribution is 2.37. The number of halogens is 4. The number of rotatable bonds is 12. The van der Waals surface area contributed by atoms with E-state index in [0.717, 1.165) is 89.4 Å². The van der Waals surface area contributed by atoms with Gasteiger partial charge in [-0.1, -0.05) is 0 Å². The maximum atomic E-state index is 9.85. The first-order valence-electron chi connectivity index (χ1n) is 20.1. The van der Waals surface area contributed by atoms with Crippen molar-refractivity contribution in [1.29, 1.82) is 0 Å². The standard InChI is InChI=1S/C48H46N8O4.4ClH/c57-25-21-53-17-1-5-33(29-53)45-37-9-11-39(49-37)46(34-6-2-18-54(30-34)22-26-58)41-13-15-43(51-41)48(36-8-4-20-56(32-36)24-28-60)44-16-14-42(52-44)47(40-12-10-38(45)50-40)35-7-3-19-55(31-35)23-27-59;;;;/h1-20,29-32,49-50,57-60H,21-28H2;4*1H/q+4;;;;/p-4. The van der Waals surface area contributed by atoms with Crippen molar-refractivity contribution in [1.82, 2.24) is 19.9 Å². The Bertz CT molecular complexity index is 2840. The Morgan fingerprint density at radius 2 is 0.625 bits per heavy atom. The van der Waals surface area contributed by atoms with Crippen molar-refractivity contribution in [3.8, 4) is 44.5 Å². The average Bonchev–Trinajstić information content (AvgIpc) is 4.10. The predicted molar refractivity (Wildman–Crippen MR) is 230 cm³/mol. The number of H-pyrrole nitrogens is 2. The number of pyridine rings is 4. The number of aliphatic hydroxyl groups is 4. The van der Waals surface area contributed by atoms with Crippen LogP contribution in [0.3, 0.4) is 0 Å². The van der Waals surface area contributed by atoms with E-state index >= 15 is 0 Å². The highest BCUT2D eigenvalue weighted by molar-refractivity contribution is 5.99. The third-order valence-electron chi connectivity index (χ3n) is 10.8. The lowest BCUT2D eigenvalue weighted by molar-refractivity contribution is -0.697. The first-order chi connectivity index (χ1) is 29.5. The molecule has 0 saturated carbocycles. The van der Waals surface area contributed by atoms with Crippen LogP contribution in [0.4, 0.5) is 0 Å². The summed E-state index contributed by atoms with van der Waals surface area (Å²) in [7, 11) is 0. The molecule has 7 aromatic heterocycles. The number of fused-ring (bicyclic) bond motifs is 8. The fraction of sp³-hybridized carbons (Fsp3) is 0.167. The van der Waals surface area contributed by atoms with Gasteiger partial charge in [-0.3, -0.25) is 0 Å². The van der Waals surface area contributed by atoms with Crippen LogP contribution in [0.5, 0.6) is 0 Å². The Morgan fingerprint density at radius 1 is 0.359 bits per heavy atom. The second kappa shape index (κ2) is 22.2. The molecule has 9 heterocycles. The van der Waals surface area contributed by atoms with Crippen molar-refractivity contribution in [2.75, 3.05) is 26.4 Å². The highest BCUT2D eigenvalue weighted by Gasteiger charge is 2.22. The lowest BCUT2D eigenvalue weighted by Gasteiger charge is -2.06. The molecule has 0 unspecified atom stereocenters. The molecule has 0 amide bonds. The Morgan fingerprint density at radius 3 is 0.938 bits per heavy atom. The molecular formula is C48H46Cl4N8O4. The van der Waals surface area contributed by atoms with Crippen LogP contribution >= 0.6 is 0 Å². The average molecular weight is 941 g/mol. The minimum absolute atomic E-state index is 0. The summed E-state index contributed by atoms with van der Waals surface area (Å²) in [4.78, 5) is 18.3. The van der Waals surface area contributed by atoms with Crippen molar-refractivity contribution >= 4 is 46.4 Å². The summed E-state index contributed by atoms with van der Waals surface area (Å²) in [6, 6.07) is 24.5. The van der Waals surface area contributed by atoms with Crippen LogP contribution in [0.25, 0.3) is 90.9 Å². The largest absolute Gasteiger partial charge is 1.00 e. The van der Waals surface area contributed by atoms with Gasteiger partial charge in [0, 0.05) is 85.3 Å². The smallest absolute Gasteiger partial charge is 0.176 e. The van der Waals surface area contributed by atoms with Gasteiger partial charge < -0.3 is 80.0 Å². The molecule has 6 N–H and O–H groups in total. The van der Waals surface area contributed by atoms with Gasteiger partial charge >= 0.3 is 0 Å². The number of nitrogens with one attached hydrogen (secondary N) is 2. The van der Waals surface area contributed by atoms with Crippen LogP contribution in [-0.2, 0) is 26.2 Å². The number of nitrogens with zero attached hydrogens (tertiary/aromatic N) is 6. The fourth-order valence-electron chi connectivity index (χ4n) is 8.12. The van der Waals surface area contributed by atoms with Gasteiger partial charge in [-0.25, -0.2) is 28.2 Å². The molecule has 16 heteroatoms. The molecule has 9 rings (SSSR count). The van der Waals surface area contributed by atoms with Crippen LogP contribution in [0.15, 0.2) is 122 Å². The maximum absolute atomic E-state index is 9.85. The van der Waals surface area contributed by atoms with Gasteiger partial charge in [0.2, 0.25) is 0 Å². The summed E-state index contributed by atoms with van der Waals surface area (Å²) >= 11 is 0. The fourth-order valence-corrected chi connectivity index (χ4v) is 8.12. The van der Waals surface area contributed by atoms with E-state index in [1.54, 1.807) is 0 Å². The van der Waals surface area contributed by atoms with E-state index in [-0.39, 0.29) is 76.1 Å². The number of aromatic amines is 2. The van der Waals surface area contributed by atoms with Gasteiger partial charge in [-0.15, -0.1) is 0 Å². The quantitative estimate of drug-likeness (QED) is 0.0671. The summed E-state index contributed by atoms with van der Waals surface area (Å²) in [5.74, 6) is 0. The van der Waals surface area contributed by atoms with E-state index in [0.29, 0.717) is 26.2 Å². The minimum Gasteiger partial charge on any atom is -1.00 e. The van der Waals surface area contributed by atoms with E-state index in [9.17, 15) is 20.4 Å². The Kier molecular flexibility index (Phi) is 17.1. The second-order valence-electron chi connectivity index (χ2n) is 14.7. The minimum atomic E-state index is 0. The molecule has 0 saturated heterocycles. The first kappa shape index (κ1) is 49.2. The zero-order valence-corrected chi connectivity index (χ0v) is 37.5. The molecule has 2 aliphatic rings. The molecule has 0 radical (unpaired) electrons. The van der Waals surface area contributed by atoms with Gasteiger partial charge in [0.25, 0.3) is 0 Å². The molecule has 64 heavy (non-hydrogen) atoms. The Hall–Kier alpha value is -5.80. The number of aromatic nitrogens is 8.